The van der Waals surface area contributed by atoms with Gasteiger partial charge in [-0.05, 0) is 33.4 Å². The lowest BCUT2D eigenvalue weighted by atomic mass is 10.1. The van der Waals surface area contributed by atoms with Crippen LogP contribution in [0.4, 0.5) is 5.69 Å². The molecule has 22 heavy (non-hydrogen) atoms. The summed E-state index contributed by atoms with van der Waals surface area (Å²) >= 11 is 3.47. The van der Waals surface area contributed by atoms with Crippen LogP contribution >= 0.6 is 15.9 Å². The number of nitrogens with zero attached hydrogens (tertiary/aromatic N) is 5. The minimum atomic E-state index is 0.893. The molecule has 0 spiro atoms. The van der Waals surface area contributed by atoms with Gasteiger partial charge in [-0.25, -0.2) is 0 Å². The van der Waals surface area contributed by atoms with E-state index in [0.717, 1.165) is 45.3 Å². The molecule has 5 nitrogen and oxygen atoms in total. The van der Waals surface area contributed by atoms with E-state index in [1.54, 1.807) is 4.68 Å². The average Bonchev–Trinajstić information content (AvgIpc) is 3.15. The second-order valence-corrected chi connectivity index (χ2v) is 6.24. The fourth-order valence-electron chi connectivity index (χ4n) is 2.70. The first-order valence-corrected chi connectivity index (χ1v) is 7.88. The molecule has 3 heterocycles. The third-order valence-corrected chi connectivity index (χ3v) is 4.33. The van der Waals surface area contributed by atoms with Crippen molar-refractivity contribution in [1.29, 1.82) is 0 Å². The Bertz CT molecular complexity index is 883. The number of hydrogen-bond acceptors (Lipinski definition) is 4. The molecule has 0 saturated heterocycles. The van der Waals surface area contributed by atoms with E-state index in [2.05, 4.69) is 55.4 Å². The number of hydrazone groups is 1. The Hall–Kier alpha value is -2.21. The molecule has 0 aliphatic carbocycles. The summed E-state index contributed by atoms with van der Waals surface area (Å²) in [4.78, 5) is 4.60. The van der Waals surface area contributed by atoms with Gasteiger partial charge in [-0.3, -0.25) is 14.7 Å². The van der Waals surface area contributed by atoms with Crippen molar-refractivity contribution in [2.75, 3.05) is 11.6 Å². The highest BCUT2D eigenvalue weighted by Crippen LogP contribution is 2.31. The first-order chi connectivity index (χ1) is 10.7. The van der Waals surface area contributed by atoms with Gasteiger partial charge in [0.15, 0.2) is 0 Å². The largest absolute Gasteiger partial charge is 0.275 e. The summed E-state index contributed by atoms with van der Waals surface area (Å²) in [6, 6.07) is 8.36. The molecule has 1 aromatic carbocycles. The van der Waals surface area contributed by atoms with Gasteiger partial charge in [-0.1, -0.05) is 12.1 Å². The van der Waals surface area contributed by atoms with Gasteiger partial charge < -0.3 is 0 Å². The summed E-state index contributed by atoms with van der Waals surface area (Å²) in [5.41, 5.74) is 3.05. The fourth-order valence-corrected chi connectivity index (χ4v) is 3.06. The van der Waals surface area contributed by atoms with Gasteiger partial charge in [0.25, 0.3) is 0 Å². The lowest BCUT2D eigenvalue weighted by Gasteiger charge is -2.16. The van der Waals surface area contributed by atoms with Crippen LogP contribution < -0.4 is 5.01 Å². The Balaban J connectivity index is 1.82. The van der Waals surface area contributed by atoms with Gasteiger partial charge >= 0.3 is 0 Å². The van der Waals surface area contributed by atoms with E-state index in [4.69, 9.17) is 0 Å². The molecule has 0 radical (unpaired) electrons. The maximum atomic E-state index is 4.60. The fraction of sp³-hybridized carbons (Fsp3) is 0.188. The van der Waals surface area contributed by atoms with Crippen molar-refractivity contribution >= 4 is 37.0 Å². The molecule has 0 saturated carbocycles. The SMILES string of the molecule is Cn1cc(-c2cc3cccc(N4CCC(Br)=N4)c3cn2)cn1. The number of fused-ring (bicyclic) bond motifs is 1. The average molecular weight is 356 g/mol. The zero-order chi connectivity index (χ0) is 15.1. The Morgan fingerprint density at radius 2 is 2.14 bits per heavy atom. The minimum Gasteiger partial charge on any atom is -0.275 e. The summed E-state index contributed by atoms with van der Waals surface area (Å²) in [5.74, 6) is 0. The van der Waals surface area contributed by atoms with Crippen LogP contribution in [-0.2, 0) is 7.05 Å². The molecule has 0 atom stereocenters. The number of halogens is 1. The smallest absolute Gasteiger partial charge is 0.105 e. The molecule has 0 fully saturated rings. The highest BCUT2D eigenvalue weighted by Gasteiger charge is 2.16. The van der Waals surface area contributed by atoms with Gasteiger partial charge in [-0.15, -0.1) is 0 Å². The zero-order valence-electron chi connectivity index (χ0n) is 12.1. The van der Waals surface area contributed by atoms with Crippen molar-refractivity contribution < 1.29 is 0 Å². The lowest BCUT2D eigenvalue weighted by Crippen LogP contribution is -2.12. The number of benzene rings is 1. The molecule has 2 aromatic heterocycles. The van der Waals surface area contributed by atoms with E-state index in [1.165, 1.54) is 0 Å². The first kappa shape index (κ1) is 13.5. The molecule has 110 valence electrons. The molecular formula is C16H14BrN5. The quantitative estimate of drug-likeness (QED) is 0.706. The summed E-state index contributed by atoms with van der Waals surface area (Å²) in [6.45, 7) is 0.893. The van der Waals surface area contributed by atoms with Crippen LogP contribution in [0.2, 0.25) is 0 Å². The number of anilines is 1. The zero-order valence-corrected chi connectivity index (χ0v) is 13.7. The third kappa shape index (κ3) is 2.29. The van der Waals surface area contributed by atoms with E-state index >= 15 is 0 Å². The maximum absolute atomic E-state index is 4.60. The molecule has 4 rings (SSSR count). The minimum absolute atomic E-state index is 0.893. The molecule has 6 heteroatoms. The molecule has 0 bridgehead atoms. The van der Waals surface area contributed by atoms with Crippen LogP contribution in [0, 0.1) is 0 Å². The number of hydrogen-bond donors (Lipinski definition) is 0. The predicted molar refractivity (Wildman–Crippen MR) is 92.3 cm³/mol. The predicted octanol–water partition coefficient (Wildman–Crippen LogP) is 3.55. The number of rotatable bonds is 2. The maximum Gasteiger partial charge on any atom is 0.105 e. The lowest BCUT2D eigenvalue weighted by molar-refractivity contribution is 0.768. The molecule has 1 aliphatic rings. The van der Waals surface area contributed by atoms with Crippen molar-refractivity contribution in [1.82, 2.24) is 14.8 Å². The van der Waals surface area contributed by atoms with Crippen LogP contribution in [0.3, 0.4) is 0 Å². The third-order valence-electron chi connectivity index (χ3n) is 3.78. The standard InChI is InChI=1S/C16H14BrN5/c1-21-10-12(8-19-21)14-7-11-3-2-4-15(13(11)9-18-14)22-6-5-16(17)20-22/h2-4,7-10H,5-6H2,1H3. The van der Waals surface area contributed by atoms with Crippen LogP contribution in [-0.4, -0.2) is 25.9 Å². The van der Waals surface area contributed by atoms with Crippen molar-refractivity contribution in [3.63, 3.8) is 0 Å². The second kappa shape index (κ2) is 5.21. The monoisotopic (exact) mass is 355 g/mol. The van der Waals surface area contributed by atoms with Crippen LogP contribution in [0.1, 0.15) is 6.42 Å². The van der Waals surface area contributed by atoms with Crippen LogP contribution in [0.15, 0.2) is 48.0 Å². The Morgan fingerprint density at radius 1 is 1.23 bits per heavy atom. The second-order valence-electron chi connectivity index (χ2n) is 5.32. The Morgan fingerprint density at radius 3 is 2.86 bits per heavy atom. The number of pyridine rings is 1. The Kier molecular flexibility index (Phi) is 3.18. The van der Waals surface area contributed by atoms with E-state index in [-0.39, 0.29) is 0 Å². The van der Waals surface area contributed by atoms with Crippen LogP contribution in [0.5, 0.6) is 0 Å². The number of aryl methyl sites for hydroxylation is 1. The molecule has 3 aromatic rings. The summed E-state index contributed by atoms with van der Waals surface area (Å²) in [6.07, 6.45) is 6.67. The van der Waals surface area contributed by atoms with Gasteiger partial charge in [-0.2, -0.15) is 10.2 Å². The summed E-state index contributed by atoms with van der Waals surface area (Å²) < 4.78 is 2.78. The molecule has 0 unspecified atom stereocenters. The first-order valence-electron chi connectivity index (χ1n) is 7.09. The van der Waals surface area contributed by atoms with Crippen molar-refractivity contribution in [3.8, 4) is 11.3 Å². The Labute approximate surface area is 136 Å². The highest BCUT2D eigenvalue weighted by atomic mass is 79.9. The van der Waals surface area contributed by atoms with Crippen molar-refractivity contribution in [3.05, 3.63) is 42.9 Å². The van der Waals surface area contributed by atoms with Gasteiger partial charge in [0.05, 0.1) is 17.6 Å². The molecular weight excluding hydrogens is 342 g/mol. The highest BCUT2D eigenvalue weighted by molar-refractivity contribution is 9.18. The van der Waals surface area contributed by atoms with E-state index in [0.29, 0.717) is 0 Å². The normalized spacial score (nSPS) is 14.6. The summed E-state index contributed by atoms with van der Waals surface area (Å²) in [7, 11) is 1.91. The number of aromatic nitrogens is 3. The van der Waals surface area contributed by atoms with Gasteiger partial charge in [0, 0.05) is 43.4 Å². The molecule has 0 N–H and O–H groups in total. The van der Waals surface area contributed by atoms with Crippen molar-refractivity contribution in [2.24, 2.45) is 12.1 Å². The van der Waals surface area contributed by atoms with Gasteiger partial charge in [0.2, 0.25) is 0 Å². The van der Waals surface area contributed by atoms with E-state index < -0.39 is 0 Å². The van der Waals surface area contributed by atoms with E-state index in [9.17, 15) is 0 Å². The van der Waals surface area contributed by atoms with Gasteiger partial charge in [0.1, 0.15) is 4.62 Å². The topological polar surface area (TPSA) is 46.3 Å². The molecule has 0 amide bonds. The molecule has 1 aliphatic heterocycles. The van der Waals surface area contributed by atoms with Crippen molar-refractivity contribution in [2.45, 2.75) is 6.42 Å². The van der Waals surface area contributed by atoms with Crippen LogP contribution in [0.25, 0.3) is 22.0 Å². The summed E-state index contributed by atoms with van der Waals surface area (Å²) in [5, 5.41) is 13.0. The van der Waals surface area contributed by atoms with E-state index in [1.807, 2.05) is 30.6 Å².